The van der Waals surface area contributed by atoms with E-state index in [0.717, 1.165) is 12.1 Å². The first-order valence-electron chi connectivity index (χ1n) is 6.66. The molecule has 1 aromatic rings. The minimum atomic E-state index is -0.565. The molecule has 0 bridgehead atoms. The summed E-state index contributed by atoms with van der Waals surface area (Å²) in [6, 6.07) is 6.68. The van der Waals surface area contributed by atoms with Crippen LogP contribution in [0, 0.1) is 5.41 Å². The number of hydrogen-bond donors (Lipinski definition) is 3. The van der Waals surface area contributed by atoms with Crippen molar-refractivity contribution in [3.05, 3.63) is 29.8 Å². The third kappa shape index (κ3) is 5.88. The molecule has 0 fully saturated rings. The fraction of sp³-hybridized carbons (Fsp3) is 0.600. The molecule has 3 nitrogen and oxygen atoms in total. The average Bonchev–Trinajstić information content (AvgIpc) is 2.34. The molecule has 0 aliphatic heterocycles. The van der Waals surface area contributed by atoms with Gasteiger partial charge in [-0.25, -0.2) is 0 Å². The van der Waals surface area contributed by atoms with Gasteiger partial charge in [-0.05, 0) is 30.0 Å². The highest BCUT2D eigenvalue weighted by molar-refractivity contribution is 6.21. The maximum absolute atomic E-state index is 10.2. The van der Waals surface area contributed by atoms with Crippen LogP contribution in [0.5, 0.6) is 5.75 Å². The zero-order chi connectivity index (χ0) is 14.6. The van der Waals surface area contributed by atoms with E-state index in [2.05, 4.69) is 26.1 Å². The van der Waals surface area contributed by atoms with E-state index in [0.29, 0.717) is 0 Å². The fourth-order valence-electron chi connectivity index (χ4n) is 1.79. The van der Waals surface area contributed by atoms with Gasteiger partial charge < -0.3 is 27.9 Å². The molecule has 0 heterocycles. The summed E-state index contributed by atoms with van der Waals surface area (Å²) in [5.74, 6) is 0.209. The first-order chi connectivity index (χ1) is 8.71. The molecule has 20 heavy (non-hydrogen) atoms. The van der Waals surface area contributed by atoms with Crippen molar-refractivity contribution >= 4 is 11.6 Å². The first-order valence-corrected chi connectivity index (χ1v) is 7.10. The van der Waals surface area contributed by atoms with Gasteiger partial charge in [0.2, 0.25) is 0 Å². The Hall–Kier alpha value is -0.480. The lowest BCUT2D eigenvalue weighted by molar-refractivity contribution is -0.695. The highest BCUT2D eigenvalue weighted by Gasteiger charge is 2.26. The maximum atomic E-state index is 10.2. The zero-order valence-corrected chi connectivity index (χ0v) is 14.0. The molecule has 1 rings (SSSR count). The summed E-state index contributed by atoms with van der Waals surface area (Å²) in [6.45, 7) is 9.07. The lowest BCUT2D eigenvalue weighted by Crippen LogP contribution is -3.00. The van der Waals surface area contributed by atoms with Crippen molar-refractivity contribution < 1.29 is 27.9 Å². The van der Waals surface area contributed by atoms with E-state index < -0.39 is 6.10 Å². The van der Waals surface area contributed by atoms with Crippen LogP contribution in [0.1, 0.15) is 39.4 Å². The van der Waals surface area contributed by atoms with E-state index >= 15 is 0 Å². The second-order valence-corrected chi connectivity index (χ2v) is 6.73. The van der Waals surface area contributed by atoms with Crippen LogP contribution in [0.3, 0.4) is 0 Å². The van der Waals surface area contributed by atoms with E-state index in [-0.39, 0.29) is 35.0 Å². The van der Waals surface area contributed by atoms with E-state index in [4.69, 9.17) is 11.6 Å². The van der Waals surface area contributed by atoms with E-state index in [9.17, 15) is 10.2 Å². The van der Waals surface area contributed by atoms with Crippen LogP contribution in [0.4, 0.5) is 0 Å². The Morgan fingerprint density at radius 1 is 1.20 bits per heavy atom. The van der Waals surface area contributed by atoms with Gasteiger partial charge in [0.1, 0.15) is 17.9 Å². The molecule has 4 N–H and O–H groups in total. The number of nitrogens with two attached hydrogens (primary N) is 1. The van der Waals surface area contributed by atoms with Gasteiger partial charge in [0.25, 0.3) is 0 Å². The van der Waals surface area contributed by atoms with Crippen LogP contribution >= 0.6 is 11.6 Å². The van der Waals surface area contributed by atoms with Crippen molar-refractivity contribution in [1.29, 1.82) is 0 Å². The van der Waals surface area contributed by atoms with Crippen molar-refractivity contribution in [2.24, 2.45) is 5.41 Å². The van der Waals surface area contributed by atoms with Gasteiger partial charge in [0.05, 0.1) is 11.9 Å². The number of rotatable bonds is 5. The summed E-state index contributed by atoms with van der Waals surface area (Å²) >= 11 is 6.33. The predicted octanol–water partition coefficient (Wildman–Crippen LogP) is -0.965. The summed E-state index contributed by atoms with van der Waals surface area (Å²) in [5, 5.41) is 21.6. The van der Waals surface area contributed by atoms with Crippen LogP contribution in [-0.4, -0.2) is 28.2 Å². The molecule has 0 spiro atoms. The SMILES string of the molecule is CC([NH2+]CC(Cl)C(C)(C)C)C(O)c1ccc(O)cc1.[Cl-]. The van der Waals surface area contributed by atoms with Gasteiger partial charge in [0.15, 0.2) is 0 Å². The van der Waals surface area contributed by atoms with E-state index in [1.54, 1.807) is 24.3 Å². The second-order valence-electron chi connectivity index (χ2n) is 6.20. The molecule has 0 amide bonds. The van der Waals surface area contributed by atoms with E-state index in [1.807, 2.05) is 6.92 Å². The van der Waals surface area contributed by atoms with Gasteiger partial charge in [0, 0.05) is 0 Å². The lowest BCUT2D eigenvalue weighted by atomic mass is 9.91. The van der Waals surface area contributed by atoms with Gasteiger partial charge >= 0.3 is 0 Å². The Morgan fingerprint density at radius 3 is 2.15 bits per heavy atom. The van der Waals surface area contributed by atoms with Crippen molar-refractivity contribution in [3.63, 3.8) is 0 Å². The van der Waals surface area contributed by atoms with Crippen LogP contribution < -0.4 is 17.7 Å². The molecular formula is C15H25Cl2NO2. The number of halogens is 2. The Labute approximate surface area is 132 Å². The maximum Gasteiger partial charge on any atom is 0.130 e. The summed E-state index contributed by atoms with van der Waals surface area (Å²) in [5.41, 5.74) is 0.866. The monoisotopic (exact) mass is 321 g/mol. The van der Waals surface area contributed by atoms with Gasteiger partial charge in [-0.3, -0.25) is 0 Å². The molecule has 0 saturated carbocycles. The molecule has 116 valence electrons. The number of benzene rings is 1. The Kier molecular flexibility index (Phi) is 7.89. The first kappa shape index (κ1) is 19.5. The number of aromatic hydroxyl groups is 1. The number of hydrogen-bond acceptors (Lipinski definition) is 2. The van der Waals surface area contributed by atoms with Crippen molar-refractivity contribution in [1.82, 2.24) is 0 Å². The Morgan fingerprint density at radius 2 is 1.70 bits per heavy atom. The Bertz CT molecular complexity index is 390. The molecule has 1 aromatic carbocycles. The third-order valence-electron chi connectivity index (χ3n) is 3.39. The molecule has 5 heteroatoms. The van der Waals surface area contributed by atoms with Crippen LogP contribution in [0.15, 0.2) is 24.3 Å². The number of phenols is 1. The predicted molar refractivity (Wildman–Crippen MR) is 78.4 cm³/mol. The molecular weight excluding hydrogens is 297 g/mol. The highest BCUT2D eigenvalue weighted by atomic mass is 35.5. The molecule has 3 unspecified atom stereocenters. The second kappa shape index (κ2) is 8.08. The molecule has 0 aliphatic rings. The quantitative estimate of drug-likeness (QED) is 0.612. The van der Waals surface area contributed by atoms with Crippen LogP contribution in [0.25, 0.3) is 0 Å². The number of aliphatic hydroxyl groups excluding tert-OH is 1. The molecule has 0 radical (unpaired) electrons. The number of phenolic OH excluding ortho intramolecular Hbond substituents is 1. The van der Waals surface area contributed by atoms with E-state index in [1.165, 1.54) is 0 Å². The Balaban J connectivity index is 0.00000361. The van der Waals surface area contributed by atoms with Gasteiger partial charge in [-0.2, -0.15) is 0 Å². The summed E-state index contributed by atoms with van der Waals surface area (Å²) in [4.78, 5) is 0. The van der Waals surface area contributed by atoms with Crippen LogP contribution in [0.2, 0.25) is 0 Å². The van der Waals surface area contributed by atoms with Gasteiger partial charge in [-0.15, -0.1) is 11.6 Å². The summed E-state index contributed by atoms with van der Waals surface area (Å²) < 4.78 is 0. The van der Waals surface area contributed by atoms with Crippen LogP contribution in [-0.2, 0) is 0 Å². The number of quaternary nitrogens is 1. The minimum absolute atomic E-state index is 0. The molecule has 0 aromatic heterocycles. The van der Waals surface area contributed by atoms with Gasteiger partial charge in [-0.1, -0.05) is 32.9 Å². The van der Waals surface area contributed by atoms with Crippen molar-refractivity contribution in [2.45, 2.75) is 45.2 Å². The molecule has 0 aliphatic carbocycles. The standard InChI is InChI=1S/C15H24ClNO2.ClH/c1-10(17-9-13(16)15(2,3)4)14(19)11-5-7-12(18)8-6-11;/h5-8,10,13-14,17-19H,9H2,1-4H3;1H. The highest BCUT2D eigenvalue weighted by Crippen LogP contribution is 2.23. The third-order valence-corrected chi connectivity index (χ3v) is 4.22. The number of aliphatic hydroxyl groups is 1. The zero-order valence-electron chi connectivity index (χ0n) is 12.5. The fourth-order valence-corrected chi connectivity index (χ4v) is 1.89. The average molecular weight is 322 g/mol. The topological polar surface area (TPSA) is 57.1 Å². The smallest absolute Gasteiger partial charge is 0.130 e. The summed E-state index contributed by atoms with van der Waals surface area (Å²) in [6.07, 6.45) is -0.565. The number of alkyl halides is 1. The minimum Gasteiger partial charge on any atom is -1.00 e. The largest absolute Gasteiger partial charge is 1.00 e. The van der Waals surface area contributed by atoms with Crippen molar-refractivity contribution in [2.75, 3.05) is 6.54 Å². The summed E-state index contributed by atoms with van der Waals surface area (Å²) in [7, 11) is 0. The molecule has 3 atom stereocenters. The van der Waals surface area contributed by atoms with Crippen molar-refractivity contribution in [3.8, 4) is 5.75 Å². The normalized spacial score (nSPS) is 16.1. The molecule has 0 saturated heterocycles. The lowest BCUT2D eigenvalue weighted by Gasteiger charge is -2.26.